The highest BCUT2D eigenvalue weighted by molar-refractivity contribution is 6.12. The largest absolute Gasteiger partial charge is 0.497 e. The Kier molecular flexibility index (Phi) is 3.89. The van der Waals surface area contributed by atoms with Crippen LogP contribution in [0.2, 0.25) is 0 Å². The fourth-order valence-corrected chi connectivity index (χ4v) is 2.26. The molecule has 0 spiro atoms. The Hall–Kier alpha value is -3.02. The number of para-hydroxylation sites is 1. The van der Waals surface area contributed by atoms with Gasteiger partial charge in [-0.3, -0.25) is 4.79 Å². The third kappa shape index (κ3) is 2.70. The van der Waals surface area contributed by atoms with Gasteiger partial charge in [0.15, 0.2) is 5.78 Å². The van der Waals surface area contributed by atoms with Gasteiger partial charge in [0, 0.05) is 6.07 Å². The highest BCUT2D eigenvalue weighted by Gasteiger charge is 2.31. The first-order valence-electron chi connectivity index (χ1n) is 6.87. The summed E-state index contributed by atoms with van der Waals surface area (Å²) in [6.45, 7) is 0. The van der Waals surface area contributed by atoms with Crippen molar-refractivity contribution in [1.29, 1.82) is 0 Å². The predicted octanol–water partition coefficient (Wildman–Crippen LogP) is 2.20. The van der Waals surface area contributed by atoms with Crippen molar-refractivity contribution >= 4 is 11.8 Å². The number of ether oxygens (including phenoxy) is 4. The topological polar surface area (TPSA) is 71.1 Å². The molecule has 2 aromatic rings. The number of carbonyl (C=O) groups excluding carboxylic acids is 2. The third-order valence-electron chi connectivity index (χ3n) is 3.43. The highest BCUT2D eigenvalue weighted by Crippen LogP contribution is 2.33. The lowest BCUT2D eigenvalue weighted by Gasteiger charge is -2.24. The van der Waals surface area contributed by atoms with Crippen molar-refractivity contribution in [2.24, 2.45) is 0 Å². The Morgan fingerprint density at radius 1 is 1.00 bits per heavy atom. The minimum atomic E-state index is -1.32. The van der Waals surface area contributed by atoms with E-state index >= 15 is 0 Å². The Morgan fingerprint density at radius 2 is 1.70 bits per heavy atom. The lowest BCUT2D eigenvalue weighted by atomic mass is 10.0. The van der Waals surface area contributed by atoms with E-state index in [1.165, 1.54) is 20.3 Å². The molecule has 0 radical (unpaired) electrons. The van der Waals surface area contributed by atoms with Crippen molar-refractivity contribution in [1.82, 2.24) is 0 Å². The van der Waals surface area contributed by atoms with Gasteiger partial charge in [0.25, 0.3) is 0 Å². The van der Waals surface area contributed by atoms with Gasteiger partial charge in [0.2, 0.25) is 0 Å². The van der Waals surface area contributed by atoms with E-state index in [4.69, 9.17) is 18.9 Å². The molecular weight excluding hydrogens is 300 g/mol. The zero-order valence-electron chi connectivity index (χ0n) is 12.6. The van der Waals surface area contributed by atoms with Crippen LogP contribution in [0.1, 0.15) is 15.9 Å². The first-order chi connectivity index (χ1) is 11.1. The van der Waals surface area contributed by atoms with E-state index in [0.29, 0.717) is 16.9 Å². The molecule has 1 atom stereocenters. The molecule has 0 bridgehead atoms. The van der Waals surface area contributed by atoms with Crippen molar-refractivity contribution < 1.29 is 28.5 Å². The van der Waals surface area contributed by atoms with Crippen LogP contribution in [0.15, 0.2) is 42.5 Å². The van der Waals surface area contributed by atoms with Gasteiger partial charge in [0.05, 0.1) is 25.3 Å². The number of hydrogen-bond donors (Lipinski definition) is 0. The molecule has 3 rings (SSSR count). The number of methoxy groups -OCH3 is 2. The summed E-state index contributed by atoms with van der Waals surface area (Å²) < 4.78 is 20.9. The first kappa shape index (κ1) is 14.9. The van der Waals surface area contributed by atoms with Gasteiger partial charge in [0.1, 0.15) is 17.2 Å². The Bertz CT molecular complexity index is 767. The number of carbonyl (C=O) groups is 2. The molecule has 0 saturated carbocycles. The van der Waals surface area contributed by atoms with Crippen LogP contribution in [0.3, 0.4) is 0 Å². The highest BCUT2D eigenvalue weighted by atomic mass is 16.7. The normalized spacial score (nSPS) is 15.9. The molecule has 0 fully saturated rings. The van der Waals surface area contributed by atoms with Gasteiger partial charge in [-0.05, 0) is 24.3 Å². The summed E-state index contributed by atoms with van der Waals surface area (Å²) >= 11 is 0. The van der Waals surface area contributed by atoms with Crippen molar-refractivity contribution in [2.45, 2.75) is 6.29 Å². The van der Waals surface area contributed by atoms with Crippen LogP contribution in [0, 0.1) is 0 Å². The maximum absolute atomic E-state index is 12.7. The van der Waals surface area contributed by atoms with Gasteiger partial charge >= 0.3 is 12.3 Å². The van der Waals surface area contributed by atoms with E-state index in [1.807, 2.05) is 0 Å². The molecule has 0 saturated heterocycles. The van der Waals surface area contributed by atoms with Crippen LogP contribution in [0.5, 0.6) is 17.2 Å². The summed E-state index contributed by atoms with van der Waals surface area (Å²) in [6.07, 6.45) is -1.32. The fourth-order valence-electron chi connectivity index (χ4n) is 2.26. The van der Waals surface area contributed by atoms with Crippen molar-refractivity contribution in [3.63, 3.8) is 0 Å². The van der Waals surface area contributed by atoms with Gasteiger partial charge in [-0.2, -0.15) is 0 Å². The molecule has 1 aliphatic rings. The molecule has 0 amide bonds. The third-order valence-corrected chi connectivity index (χ3v) is 3.43. The zero-order valence-corrected chi connectivity index (χ0v) is 12.6. The first-order valence-corrected chi connectivity index (χ1v) is 6.87. The monoisotopic (exact) mass is 314 g/mol. The molecule has 1 aliphatic heterocycles. The van der Waals surface area contributed by atoms with Crippen LogP contribution >= 0.6 is 0 Å². The van der Waals surface area contributed by atoms with E-state index in [9.17, 15) is 9.59 Å². The molecule has 1 unspecified atom stereocenters. The second-order valence-corrected chi connectivity index (χ2v) is 4.78. The van der Waals surface area contributed by atoms with Gasteiger partial charge in [-0.25, -0.2) is 4.79 Å². The van der Waals surface area contributed by atoms with Gasteiger partial charge in [-0.15, -0.1) is 0 Å². The molecule has 2 aromatic carbocycles. The lowest BCUT2D eigenvalue weighted by Crippen LogP contribution is -2.36. The minimum Gasteiger partial charge on any atom is -0.497 e. The van der Waals surface area contributed by atoms with E-state index in [2.05, 4.69) is 0 Å². The quantitative estimate of drug-likeness (QED) is 0.791. The second-order valence-electron chi connectivity index (χ2n) is 4.78. The van der Waals surface area contributed by atoms with E-state index < -0.39 is 12.3 Å². The standard InChI is InChI=1S/C17H14O6/c1-20-10-7-8-12-14(9-10)23-17(16(19)21-2)22-13-6-4-3-5-11(13)15(12)18/h3-9,17H,1-2H3. The van der Waals surface area contributed by atoms with Gasteiger partial charge < -0.3 is 18.9 Å². The summed E-state index contributed by atoms with van der Waals surface area (Å²) in [5, 5.41) is 0. The molecule has 118 valence electrons. The van der Waals surface area contributed by atoms with Crippen LogP contribution in [0.4, 0.5) is 0 Å². The SMILES string of the molecule is COC(=O)C1Oc2ccccc2C(=O)c2ccc(OC)cc2O1. The van der Waals surface area contributed by atoms with E-state index in [0.717, 1.165) is 0 Å². The van der Waals surface area contributed by atoms with Crippen molar-refractivity contribution in [2.75, 3.05) is 14.2 Å². The Labute approximate surface area is 132 Å². The summed E-state index contributed by atoms with van der Waals surface area (Å²) in [5.41, 5.74) is 0.659. The molecule has 1 heterocycles. The number of benzene rings is 2. The number of rotatable bonds is 2. The molecular formula is C17H14O6. The van der Waals surface area contributed by atoms with Crippen LogP contribution in [0.25, 0.3) is 0 Å². The predicted molar refractivity (Wildman–Crippen MR) is 79.9 cm³/mol. The molecule has 23 heavy (non-hydrogen) atoms. The average molecular weight is 314 g/mol. The maximum Gasteiger partial charge on any atom is 0.389 e. The number of fused-ring (bicyclic) bond motifs is 2. The van der Waals surface area contributed by atoms with Gasteiger partial charge in [-0.1, -0.05) is 12.1 Å². The minimum absolute atomic E-state index is 0.194. The zero-order chi connectivity index (χ0) is 16.4. The maximum atomic E-state index is 12.7. The molecule has 0 N–H and O–H groups in total. The Morgan fingerprint density at radius 3 is 2.43 bits per heavy atom. The smallest absolute Gasteiger partial charge is 0.389 e. The second kappa shape index (κ2) is 6.00. The fraction of sp³-hybridized carbons (Fsp3) is 0.176. The number of ketones is 1. The van der Waals surface area contributed by atoms with Crippen LogP contribution in [-0.4, -0.2) is 32.3 Å². The van der Waals surface area contributed by atoms with E-state index in [-0.39, 0.29) is 17.3 Å². The summed E-state index contributed by atoms with van der Waals surface area (Å²) in [6, 6.07) is 11.4. The molecule has 6 nitrogen and oxygen atoms in total. The number of hydrogen-bond acceptors (Lipinski definition) is 6. The summed E-state index contributed by atoms with van der Waals surface area (Å²) in [5.74, 6) is -0.0212. The summed E-state index contributed by atoms with van der Waals surface area (Å²) in [7, 11) is 2.73. The molecule has 6 heteroatoms. The van der Waals surface area contributed by atoms with E-state index in [1.54, 1.807) is 36.4 Å². The van der Waals surface area contributed by atoms with Crippen molar-refractivity contribution in [3.05, 3.63) is 53.6 Å². The lowest BCUT2D eigenvalue weighted by molar-refractivity contribution is -0.162. The summed E-state index contributed by atoms with van der Waals surface area (Å²) in [4.78, 5) is 24.6. The molecule has 0 aromatic heterocycles. The number of esters is 1. The molecule has 0 aliphatic carbocycles. The average Bonchev–Trinajstić information content (AvgIpc) is 2.59. The van der Waals surface area contributed by atoms with Crippen LogP contribution < -0.4 is 14.2 Å². The van der Waals surface area contributed by atoms with Crippen LogP contribution in [-0.2, 0) is 9.53 Å². The Balaban J connectivity index is 2.16. The van der Waals surface area contributed by atoms with Crippen molar-refractivity contribution in [3.8, 4) is 17.2 Å².